The second kappa shape index (κ2) is 4.91. The van der Waals surface area contributed by atoms with Gasteiger partial charge in [0.2, 0.25) is 0 Å². The molecule has 2 unspecified atom stereocenters. The first-order valence-electron chi connectivity index (χ1n) is 4.67. The van der Waals surface area contributed by atoms with Crippen LogP contribution in [-0.2, 0) is 9.47 Å². The third kappa shape index (κ3) is 5.21. The zero-order valence-electron chi connectivity index (χ0n) is 8.03. The van der Waals surface area contributed by atoms with Crippen LogP contribution >= 0.6 is 0 Å². The number of aliphatic hydroxyl groups is 2. The van der Waals surface area contributed by atoms with Gasteiger partial charge in [0.25, 0.3) is 0 Å². The van der Waals surface area contributed by atoms with Crippen molar-refractivity contribution in [3.8, 4) is 0 Å². The summed E-state index contributed by atoms with van der Waals surface area (Å²) in [5.41, 5.74) is -0.959. The van der Waals surface area contributed by atoms with E-state index in [0.717, 1.165) is 13.0 Å². The molecule has 1 heterocycles. The molecular formula is C9H18O4. The van der Waals surface area contributed by atoms with Gasteiger partial charge < -0.3 is 19.7 Å². The lowest BCUT2D eigenvalue weighted by Crippen LogP contribution is -2.29. The van der Waals surface area contributed by atoms with Crippen molar-refractivity contribution in [2.75, 3.05) is 26.4 Å². The first-order chi connectivity index (χ1) is 6.14. The van der Waals surface area contributed by atoms with E-state index in [2.05, 4.69) is 0 Å². The van der Waals surface area contributed by atoms with Crippen LogP contribution in [0.2, 0.25) is 0 Å². The van der Waals surface area contributed by atoms with E-state index in [1.807, 2.05) is 0 Å². The van der Waals surface area contributed by atoms with Crippen molar-refractivity contribution >= 4 is 0 Å². The lowest BCUT2D eigenvalue weighted by Gasteiger charge is -2.19. The van der Waals surface area contributed by atoms with Crippen molar-refractivity contribution in [3.63, 3.8) is 0 Å². The summed E-state index contributed by atoms with van der Waals surface area (Å²) in [5, 5.41) is 18.2. The van der Waals surface area contributed by atoms with Gasteiger partial charge in [-0.05, 0) is 19.8 Å². The normalized spacial score (nSPS) is 25.6. The molecule has 4 heteroatoms. The van der Waals surface area contributed by atoms with Gasteiger partial charge in [-0.2, -0.15) is 0 Å². The highest BCUT2D eigenvalue weighted by Gasteiger charge is 2.22. The van der Waals surface area contributed by atoms with Gasteiger partial charge in [-0.3, -0.25) is 0 Å². The Labute approximate surface area is 78.5 Å². The molecular weight excluding hydrogens is 172 g/mol. The maximum absolute atomic E-state index is 9.41. The molecule has 1 aliphatic heterocycles. The highest BCUT2D eigenvalue weighted by molar-refractivity contribution is 4.71. The molecule has 1 aliphatic rings. The average molecular weight is 190 g/mol. The molecule has 1 fully saturated rings. The number of hydrogen-bond acceptors (Lipinski definition) is 4. The van der Waals surface area contributed by atoms with Crippen LogP contribution in [0, 0.1) is 0 Å². The zero-order valence-corrected chi connectivity index (χ0v) is 8.03. The summed E-state index contributed by atoms with van der Waals surface area (Å²) >= 11 is 0. The molecule has 0 aromatic rings. The first kappa shape index (κ1) is 10.9. The number of aliphatic hydroxyl groups excluding tert-OH is 1. The molecule has 1 saturated heterocycles. The Morgan fingerprint density at radius 3 is 2.85 bits per heavy atom. The lowest BCUT2D eigenvalue weighted by atomic mass is 10.0. The van der Waals surface area contributed by atoms with E-state index < -0.39 is 5.60 Å². The number of hydrogen-bond donors (Lipinski definition) is 2. The van der Waals surface area contributed by atoms with E-state index in [4.69, 9.17) is 14.6 Å². The summed E-state index contributed by atoms with van der Waals surface area (Å²) in [6.07, 6.45) is 1.63. The first-order valence-corrected chi connectivity index (χ1v) is 4.67. The Hall–Kier alpha value is -0.160. The smallest absolute Gasteiger partial charge is 0.104 e. The molecule has 0 saturated carbocycles. The molecule has 2 atom stereocenters. The summed E-state index contributed by atoms with van der Waals surface area (Å²) in [7, 11) is 0. The fourth-order valence-electron chi connectivity index (χ4n) is 1.01. The SMILES string of the molecule is CC(O)(CO)CCCOCC1CO1. The summed E-state index contributed by atoms with van der Waals surface area (Å²) in [6.45, 7) is 3.52. The Morgan fingerprint density at radius 1 is 1.62 bits per heavy atom. The standard InChI is InChI=1S/C9H18O4/c1-9(11,7-10)3-2-4-12-5-8-6-13-8/h8,10-11H,2-7H2,1H3. The molecule has 4 nitrogen and oxygen atoms in total. The van der Waals surface area contributed by atoms with Crippen LogP contribution in [0.1, 0.15) is 19.8 Å². The summed E-state index contributed by atoms with van der Waals surface area (Å²) < 4.78 is 10.2. The molecule has 0 aromatic heterocycles. The van der Waals surface area contributed by atoms with E-state index in [9.17, 15) is 5.11 Å². The van der Waals surface area contributed by atoms with E-state index in [0.29, 0.717) is 25.7 Å². The van der Waals surface area contributed by atoms with Crippen LogP contribution < -0.4 is 0 Å². The van der Waals surface area contributed by atoms with Crippen molar-refractivity contribution in [1.82, 2.24) is 0 Å². The Balaban J connectivity index is 1.87. The third-order valence-electron chi connectivity index (χ3n) is 2.05. The van der Waals surface area contributed by atoms with Crippen molar-refractivity contribution < 1.29 is 19.7 Å². The van der Waals surface area contributed by atoms with Crippen LogP contribution in [0.5, 0.6) is 0 Å². The van der Waals surface area contributed by atoms with Gasteiger partial charge in [0, 0.05) is 6.61 Å². The van der Waals surface area contributed by atoms with E-state index in [-0.39, 0.29) is 6.61 Å². The van der Waals surface area contributed by atoms with Crippen molar-refractivity contribution in [3.05, 3.63) is 0 Å². The Bertz CT molecular complexity index is 143. The molecule has 0 radical (unpaired) electrons. The number of epoxide rings is 1. The van der Waals surface area contributed by atoms with Crippen LogP contribution in [0.4, 0.5) is 0 Å². The van der Waals surface area contributed by atoms with Crippen molar-refractivity contribution in [2.45, 2.75) is 31.5 Å². The molecule has 0 aliphatic carbocycles. The van der Waals surface area contributed by atoms with Crippen molar-refractivity contribution in [1.29, 1.82) is 0 Å². The second-order valence-corrected chi connectivity index (χ2v) is 3.79. The minimum Gasteiger partial charge on any atom is -0.393 e. The van der Waals surface area contributed by atoms with Crippen LogP contribution in [0.25, 0.3) is 0 Å². The number of rotatable bonds is 7. The highest BCUT2D eigenvalue weighted by Crippen LogP contribution is 2.12. The van der Waals surface area contributed by atoms with Gasteiger partial charge in [0.1, 0.15) is 6.10 Å². The van der Waals surface area contributed by atoms with Crippen LogP contribution in [0.3, 0.4) is 0 Å². The van der Waals surface area contributed by atoms with E-state index in [1.165, 1.54) is 0 Å². The summed E-state index contributed by atoms with van der Waals surface area (Å²) in [6, 6.07) is 0. The largest absolute Gasteiger partial charge is 0.393 e. The molecule has 0 bridgehead atoms. The van der Waals surface area contributed by atoms with Gasteiger partial charge in [0.05, 0.1) is 25.4 Å². The Kier molecular flexibility index (Phi) is 4.12. The monoisotopic (exact) mass is 190 g/mol. The Morgan fingerprint density at radius 2 is 2.31 bits per heavy atom. The molecule has 13 heavy (non-hydrogen) atoms. The maximum atomic E-state index is 9.41. The highest BCUT2D eigenvalue weighted by atomic mass is 16.6. The molecule has 78 valence electrons. The number of ether oxygens (including phenoxy) is 2. The fraction of sp³-hybridized carbons (Fsp3) is 1.00. The third-order valence-corrected chi connectivity index (χ3v) is 2.05. The van der Waals surface area contributed by atoms with Crippen molar-refractivity contribution in [2.24, 2.45) is 0 Å². The van der Waals surface area contributed by atoms with Gasteiger partial charge in [-0.15, -0.1) is 0 Å². The lowest BCUT2D eigenvalue weighted by molar-refractivity contribution is -0.0131. The van der Waals surface area contributed by atoms with E-state index >= 15 is 0 Å². The predicted molar refractivity (Wildman–Crippen MR) is 47.5 cm³/mol. The molecule has 1 rings (SSSR count). The summed E-state index contributed by atoms with van der Waals surface area (Å²) in [4.78, 5) is 0. The van der Waals surface area contributed by atoms with Gasteiger partial charge in [-0.1, -0.05) is 0 Å². The minimum atomic E-state index is -0.959. The molecule has 2 N–H and O–H groups in total. The zero-order chi connectivity index (χ0) is 9.73. The average Bonchev–Trinajstić information content (AvgIpc) is 2.87. The molecule has 0 spiro atoms. The van der Waals surface area contributed by atoms with Gasteiger partial charge >= 0.3 is 0 Å². The summed E-state index contributed by atoms with van der Waals surface area (Å²) in [5.74, 6) is 0. The molecule has 0 aromatic carbocycles. The molecule has 0 amide bonds. The minimum absolute atomic E-state index is 0.196. The fourth-order valence-corrected chi connectivity index (χ4v) is 1.01. The van der Waals surface area contributed by atoms with Crippen LogP contribution in [-0.4, -0.2) is 48.3 Å². The maximum Gasteiger partial charge on any atom is 0.104 e. The van der Waals surface area contributed by atoms with Gasteiger partial charge in [-0.25, -0.2) is 0 Å². The van der Waals surface area contributed by atoms with Gasteiger partial charge in [0.15, 0.2) is 0 Å². The quantitative estimate of drug-likeness (QED) is 0.435. The van der Waals surface area contributed by atoms with Crippen LogP contribution in [0.15, 0.2) is 0 Å². The topological polar surface area (TPSA) is 62.2 Å². The predicted octanol–water partition coefficient (Wildman–Crippen LogP) is -0.0747. The second-order valence-electron chi connectivity index (χ2n) is 3.79. The van der Waals surface area contributed by atoms with E-state index in [1.54, 1.807) is 6.92 Å².